The number of nitrogens with zero attached hydrogens (tertiary/aromatic N) is 1. The van der Waals surface area contributed by atoms with Gasteiger partial charge in [0.15, 0.2) is 0 Å². The van der Waals surface area contributed by atoms with Crippen molar-refractivity contribution in [3.8, 4) is 0 Å². The summed E-state index contributed by atoms with van der Waals surface area (Å²) in [6.45, 7) is 5.32. The SMILES string of the molecule is COC(=O)C(N)C1(CCN(C)C(C)C)CC1. The van der Waals surface area contributed by atoms with Crippen LogP contribution >= 0.6 is 0 Å². The molecule has 0 aromatic rings. The second-order valence-corrected chi connectivity index (χ2v) is 5.19. The van der Waals surface area contributed by atoms with Crippen molar-refractivity contribution < 1.29 is 9.53 Å². The summed E-state index contributed by atoms with van der Waals surface area (Å²) >= 11 is 0. The van der Waals surface area contributed by atoms with Crippen LogP contribution < -0.4 is 5.73 Å². The van der Waals surface area contributed by atoms with Gasteiger partial charge in [0.05, 0.1) is 7.11 Å². The standard InChI is InChI=1S/C12H24N2O2/c1-9(2)14(3)8-7-12(5-6-12)10(13)11(15)16-4/h9-10H,5-8,13H2,1-4H3. The Bertz CT molecular complexity index is 249. The van der Waals surface area contributed by atoms with Crippen LogP contribution in [0, 0.1) is 5.41 Å². The zero-order chi connectivity index (χ0) is 12.3. The van der Waals surface area contributed by atoms with Crippen molar-refractivity contribution in [1.82, 2.24) is 4.90 Å². The molecule has 0 aromatic carbocycles. The Morgan fingerprint density at radius 3 is 2.44 bits per heavy atom. The predicted octanol–water partition coefficient (Wildman–Crippen LogP) is 0.997. The third kappa shape index (κ3) is 2.95. The third-order valence-corrected chi connectivity index (χ3v) is 3.85. The normalized spacial score (nSPS) is 19.9. The number of nitrogens with two attached hydrogens (primary N) is 1. The Balaban J connectivity index is 2.44. The van der Waals surface area contributed by atoms with Gasteiger partial charge in [0.1, 0.15) is 6.04 Å². The van der Waals surface area contributed by atoms with Crippen LogP contribution in [0.4, 0.5) is 0 Å². The first kappa shape index (κ1) is 13.5. The molecule has 4 heteroatoms. The van der Waals surface area contributed by atoms with Gasteiger partial charge in [0, 0.05) is 6.04 Å². The monoisotopic (exact) mass is 228 g/mol. The molecule has 1 aliphatic rings. The van der Waals surface area contributed by atoms with Crippen molar-refractivity contribution in [1.29, 1.82) is 0 Å². The lowest BCUT2D eigenvalue weighted by molar-refractivity contribution is -0.144. The summed E-state index contributed by atoms with van der Waals surface area (Å²) in [4.78, 5) is 13.7. The van der Waals surface area contributed by atoms with Gasteiger partial charge >= 0.3 is 5.97 Å². The predicted molar refractivity (Wildman–Crippen MR) is 64.0 cm³/mol. The Morgan fingerprint density at radius 1 is 1.50 bits per heavy atom. The zero-order valence-corrected chi connectivity index (χ0v) is 10.8. The molecule has 1 saturated carbocycles. The van der Waals surface area contributed by atoms with E-state index in [0.717, 1.165) is 25.8 Å². The molecule has 0 aliphatic heterocycles. The first-order valence-corrected chi connectivity index (χ1v) is 5.96. The molecule has 0 radical (unpaired) electrons. The van der Waals surface area contributed by atoms with Crippen LogP contribution in [0.5, 0.6) is 0 Å². The lowest BCUT2D eigenvalue weighted by Gasteiger charge is -2.26. The van der Waals surface area contributed by atoms with Gasteiger partial charge in [-0.3, -0.25) is 4.79 Å². The molecular weight excluding hydrogens is 204 g/mol. The topological polar surface area (TPSA) is 55.6 Å². The van der Waals surface area contributed by atoms with E-state index in [-0.39, 0.29) is 11.4 Å². The molecule has 1 fully saturated rings. The highest BCUT2D eigenvalue weighted by Gasteiger charge is 2.50. The first-order chi connectivity index (χ1) is 7.43. The van der Waals surface area contributed by atoms with Crippen LogP contribution in [0.15, 0.2) is 0 Å². The summed E-state index contributed by atoms with van der Waals surface area (Å²) in [6.07, 6.45) is 3.09. The second-order valence-electron chi connectivity index (χ2n) is 5.19. The van der Waals surface area contributed by atoms with E-state index in [2.05, 4.69) is 25.8 Å². The lowest BCUT2D eigenvalue weighted by atomic mass is 9.93. The van der Waals surface area contributed by atoms with E-state index in [9.17, 15) is 4.79 Å². The van der Waals surface area contributed by atoms with Crippen LogP contribution in [-0.4, -0.2) is 43.7 Å². The molecular formula is C12H24N2O2. The van der Waals surface area contributed by atoms with E-state index in [0.29, 0.717) is 6.04 Å². The lowest BCUT2D eigenvalue weighted by Crippen LogP contribution is -2.42. The molecule has 0 heterocycles. The summed E-state index contributed by atoms with van der Waals surface area (Å²) in [5, 5.41) is 0. The van der Waals surface area contributed by atoms with Crippen LogP contribution in [-0.2, 0) is 9.53 Å². The number of rotatable bonds is 6. The molecule has 2 N–H and O–H groups in total. The minimum atomic E-state index is -0.446. The van der Waals surface area contributed by atoms with E-state index < -0.39 is 6.04 Å². The molecule has 16 heavy (non-hydrogen) atoms. The maximum absolute atomic E-state index is 11.4. The molecule has 1 atom stereocenters. The van der Waals surface area contributed by atoms with Gasteiger partial charge < -0.3 is 15.4 Å². The summed E-state index contributed by atoms with van der Waals surface area (Å²) < 4.78 is 4.72. The Morgan fingerprint density at radius 2 is 2.06 bits per heavy atom. The largest absolute Gasteiger partial charge is 0.468 e. The highest BCUT2D eigenvalue weighted by molar-refractivity contribution is 5.77. The van der Waals surface area contributed by atoms with Crippen molar-refractivity contribution in [2.24, 2.45) is 11.1 Å². The van der Waals surface area contributed by atoms with Crippen molar-refractivity contribution in [2.45, 2.75) is 45.2 Å². The van der Waals surface area contributed by atoms with Crippen LogP contribution in [0.1, 0.15) is 33.1 Å². The number of hydrogen-bond donors (Lipinski definition) is 1. The van der Waals surface area contributed by atoms with Crippen molar-refractivity contribution >= 4 is 5.97 Å². The smallest absolute Gasteiger partial charge is 0.323 e. The molecule has 0 amide bonds. The van der Waals surface area contributed by atoms with Gasteiger partial charge in [-0.2, -0.15) is 0 Å². The summed E-state index contributed by atoms with van der Waals surface area (Å²) in [6, 6.07) is 0.0863. The Kier molecular flexibility index (Phi) is 4.33. The average molecular weight is 228 g/mol. The summed E-state index contributed by atoms with van der Waals surface area (Å²) in [5.41, 5.74) is 5.95. The number of ether oxygens (including phenoxy) is 1. The quantitative estimate of drug-likeness (QED) is 0.689. The minimum Gasteiger partial charge on any atom is -0.468 e. The molecule has 4 nitrogen and oxygen atoms in total. The van der Waals surface area contributed by atoms with Crippen LogP contribution in [0.3, 0.4) is 0 Å². The van der Waals surface area contributed by atoms with Crippen molar-refractivity contribution in [3.63, 3.8) is 0 Å². The fourth-order valence-electron chi connectivity index (χ4n) is 1.91. The molecule has 1 unspecified atom stereocenters. The number of methoxy groups -OCH3 is 1. The van der Waals surface area contributed by atoms with Crippen molar-refractivity contribution in [3.05, 3.63) is 0 Å². The number of carbonyl (C=O) groups is 1. The van der Waals surface area contributed by atoms with Gasteiger partial charge in [-0.1, -0.05) is 0 Å². The third-order valence-electron chi connectivity index (χ3n) is 3.85. The molecule has 1 aliphatic carbocycles. The van der Waals surface area contributed by atoms with Gasteiger partial charge in [0.2, 0.25) is 0 Å². The number of hydrogen-bond acceptors (Lipinski definition) is 4. The molecule has 94 valence electrons. The van der Waals surface area contributed by atoms with E-state index in [1.807, 2.05) is 0 Å². The highest BCUT2D eigenvalue weighted by Crippen LogP contribution is 2.51. The highest BCUT2D eigenvalue weighted by atomic mass is 16.5. The van der Waals surface area contributed by atoms with E-state index in [1.165, 1.54) is 7.11 Å². The minimum absolute atomic E-state index is 0.0102. The fraction of sp³-hybridized carbons (Fsp3) is 0.917. The molecule has 1 rings (SSSR count). The van der Waals surface area contributed by atoms with Crippen LogP contribution in [0.25, 0.3) is 0 Å². The number of esters is 1. The summed E-state index contributed by atoms with van der Waals surface area (Å²) in [5.74, 6) is -0.273. The van der Waals surface area contributed by atoms with Gasteiger partial charge in [-0.25, -0.2) is 0 Å². The Hall–Kier alpha value is -0.610. The maximum Gasteiger partial charge on any atom is 0.323 e. The average Bonchev–Trinajstić information content (AvgIpc) is 3.04. The first-order valence-electron chi connectivity index (χ1n) is 5.96. The van der Waals surface area contributed by atoms with E-state index in [1.54, 1.807) is 0 Å². The van der Waals surface area contributed by atoms with Gasteiger partial charge in [-0.15, -0.1) is 0 Å². The Labute approximate surface area is 98.1 Å². The molecule has 0 saturated heterocycles. The molecule has 0 aromatic heterocycles. The van der Waals surface area contributed by atoms with Crippen LogP contribution in [0.2, 0.25) is 0 Å². The molecule has 0 spiro atoms. The molecule has 0 bridgehead atoms. The maximum atomic E-state index is 11.4. The van der Waals surface area contributed by atoms with Gasteiger partial charge in [0.25, 0.3) is 0 Å². The number of carbonyl (C=O) groups excluding carboxylic acids is 1. The second kappa shape index (κ2) is 5.15. The zero-order valence-electron chi connectivity index (χ0n) is 10.8. The van der Waals surface area contributed by atoms with Crippen molar-refractivity contribution in [2.75, 3.05) is 20.7 Å². The van der Waals surface area contributed by atoms with E-state index in [4.69, 9.17) is 10.5 Å². The fourth-order valence-corrected chi connectivity index (χ4v) is 1.91. The van der Waals surface area contributed by atoms with E-state index >= 15 is 0 Å². The van der Waals surface area contributed by atoms with Gasteiger partial charge in [-0.05, 0) is 52.1 Å². The summed E-state index contributed by atoms with van der Waals surface area (Å²) in [7, 11) is 3.50.